The molecule has 0 fully saturated rings. The van der Waals surface area contributed by atoms with Crippen molar-refractivity contribution in [3.63, 3.8) is 0 Å². The highest BCUT2D eigenvalue weighted by Crippen LogP contribution is 2.20. The minimum Gasteiger partial charge on any atom is -0.460 e. The molecule has 3 aromatic carbocycles. The minimum atomic E-state index is -3.89. The number of ether oxygens (including phenoxy) is 1. The van der Waals surface area contributed by atoms with Crippen LogP contribution in [0.15, 0.2) is 80.8 Å². The van der Waals surface area contributed by atoms with Crippen molar-refractivity contribution < 1.29 is 22.4 Å². The van der Waals surface area contributed by atoms with Crippen LogP contribution in [0.25, 0.3) is 21.7 Å². The third kappa shape index (κ3) is 4.65. The van der Waals surface area contributed by atoms with Gasteiger partial charge in [-0.3, -0.25) is 4.79 Å². The highest BCUT2D eigenvalue weighted by atomic mass is 32.2. The summed E-state index contributed by atoms with van der Waals surface area (Å²) < 4.78 is 37.7. The van der Waals surface area contributed by atoms with Gasteiger partial charge in [-0.2, -0.15) is 4.72 Å². The van der Waals surface area contributed by atoms with Crippen LogP contribution in [0.3, 0.4) is 0 Å². The second kappa shape index (κ2) is 8.33. The first-order valence-electron chi connectivity index (χ1n) is 9.49. The van der Waals surface area contributed by atoms with Gasteiger partial charge in [0.2, 0.25) is 10.0 Å². The van der Waals surface area contributed by atoms with Crippen molar-refractivity contribution in [2.75, 3.05) is 6.54 Å². The first-order valence-corrected chi connectivity index (χ1v) is 11.0. The van der Waals surface area contributed by atoms with Crippen LogP contribution in [0.4, 0.5) is 0 Å². The summed E-state index contributed by atoms with van der Waals surface area (Å²) in [6.45, 7) is 1.16. The molecule has 0 aliphatic heterocycles. The van der Waals surface area contributed by atoms with Crippen LogP contribution in [-0.4, -0.2) is 20.9 Å². The van der Waals surface area contributed by atoms with E-state index in [4.69, 9.17) is 9.15 Å². The molecule has 1 heterocycles. The maximum Gasteiger partial charge on any atom is 0.336 e. The van der Waals surface area contributed by atoms with Crippen molar-refractivity contribution in [2.45, 2.75) is 18.4 Å². The molecular weight excluding hydrogens is 418 g/mol. The van der Waals surface area contributed by atoms with Crippen molar-refractivity contribution in [1.82, 2.24) is 4.72 Å². The zero-order chi connectivity index (χ0) is 22.0. The fraction of sp³-hybridized carbons (Fsp3) is 0.130. The minimum absolute atomic E-state index is 0.0565. The van der Waals surface area contributed by atoms with E-state index in [0.29, 0.717) is 16.5 Å². The zero-order valence-corrected chi connectivity index (χ0v) is 17.4. The van der Waals surface area contributed by atoms with Crippen LogP contribution >= 0.6 is 0 Å². The fourth-order valence-corrected chi connectivity index (χ4v) is 4.24. The molecule has 0 aliphatic rings. The number of carbonyl (C=O) groups excluding carboxylic acids is 1. The van der Waals surface area contributed by atoms with E-state index in [2.05, 4.69) is 4.72 Å². The lowest BCUT2D eigenvalue weighted by atomic mass is 10.1. The summed E-state index contributed by atoms with van der Waals surface area (Å²) in [6.07, 6.45) is 0. The van der Waals surface area contributed by atoms with Crippen LogP contribution in [0, 0.1) is 6.92 Å². The van der Waals surface area contributed by atoms with Crippen LogP contribution in [0.2, 0.25) is 0 Å². The topological polar surface area (TPSA) is 103 Å². The molecule has 0 radical (unpaired) electrons. The average Bonchev–Trinajstić information content (AvgIpc) is 2.75. The third-order valence-electron chi connectivity index (χ3n) is 4.81. The smallest absolute Gasteiger partial charge is 0.336 e. The van der Waals surface area contributed by atoms with Gasteiger partial charge >= 0.3 is 11.6 Å². The Kier molecular flexibility index (Phi) is 5.58. The summed E-state index contributed by atoms with van der Waals surface area (Å²) in [4.78, 5) is 24.0. The normalized spacial score (nSPS) is 11.6. The second-order valence-corrected chi connectivity index (χ2v) is 8.85. The molecule has 0 saturated carbocycles. The zero-order valence-electron chi connectivity index (χ0n) is 16.6. The number of rotatable bonds is 6. The summed E-state index contributed by atoms with van der Waals surface area (Å²) in [6, 6.07) is 18.7. The number of hydrogen-bond donors (Lipinski definition) is 1. The largest absolute Gasteiger partial charge is 0.460 e. The number of benzene rings is 3. The molecule has 158 valence electrons. The highest BCUT2D eigenvalue weighted by Gasteiger charge is 2.17. The van der Waals surface area contributed by atoms with Crippen molar-refractivity contribution in [2.24, 2.45) is 0 Å². The molecule has 0 spiro atoms. The summed E-state index contributed by atoms with van der Waals surface area (Å²) in [7, 11) is -3.89. The molecule has 0 atom stereocenters. The van der Waals surface area contributed by atoms with Gasteiger partial charge in [0.25, 0.3) is 0 Å². The second-order valence-electron chi connectivity index (χ2n) is 7.08. The Morgan fingerprint density at radius 2 is 1.77 bits per heavy atom. The van der Waals surface area contributed by atoms with E-state index in [1.807, 2.05) is 37.3 Å². The Labute approximate surface area is 178 Å². The van der Waals surface area contributed by atoms with Crippen molar-refractivity contribution in [3.05, 3.63) is 88.3 Å². The average molecular weight is 437 g/mol. The van der Waals surface area contributed by atoms with Gasteiger partial charge in [0, 0.05) is 17.0 Å². The number of nitrogens with one attached hydrogen (secondary N) is 1. The van der Waals surface area contributed by atoms with E-state index in [1.54, 1.807) is 24.3 Å². The number of aryl methyl sites for hydroxylation is 1. The molecule has 0 saturated heterocycles. The van der Waals surface area contributed by atoms with Crippen molar-refractivity contribution in [1.29, 1.82) is 0 Å². The van der Waals surface area contributed by atoms with Crippen molar-refractivity contribution >= 4 is 37.7 Å². The van der Waals surface area contributed by atoms with E-state index in [0.717, 1.165) is 16.3 Å². The predicted molar refractivity (Wildman–Crippen MR) is 116 cm³/mol. The lowest BCUT2D eigenvalue weighted by molar-refractivity contribution is -0.143. The van der Waals surface area contributed by atoms with E-state index < -0.39 is 28.2 Å². The molecular formula is C23H19NO6S. The molecule has 1 N–H and O–H groups in total. The highest BCUT2D eigenvalue weighted by molar-refractivity contribution is 7.89. The van der Waals surface area contributed by atoms with Gasteiger partial charge in [0.05, 0.1) is 4.90 Å². The van der Waals surface area contributed by atoms with Crippen LogP contribution in [-0.2, 0) is 26.2 Å². The maximum absolute atomic E-state index is 12.5. The van der Waals surface area contributed by atoms with Gasteiger partial charge in [-0.05, 0) is 41.5 Å². The standard InChI is InChI=1S/C23H19NO6S/c1-15-6-9-20-18(12-22(25)30-21(20)10-15)14-29-23(26)13-24-31(27,28)19-8-7-16-4-2-3-5-17(16)11-19/h2-12,24H,13-14H2,1H3. The Bertz CT molecular complexity index is 1460. The Hall–Kier alpha value is -3.49. The number of esters is 1. The van der Waals surface area contributed by atoms with Crippen LogP contribution in [0.1, 0.15) is 11.1 Å². The molecule has 31 heavy (non-hydrogen) atoms. The molecule has 0 unspecified atom stereocenters. The number of hydrogen-bond acceptors (Lipinski definition) is 6. The SMILES string of the molecule is Cc1ccc2c(COC(=O)CNS(=O)(=O)c3ccc4ccccc4c3)cc(=O)oc2c1. The summed E-state index contributed by atoms with van der Waals surface area (Å²) in [5, 5.41) is 2.34. The van der Waals surface area contributed by atoms with Crippen LogP contribution in [0.5, 0.6) is 0 Å². The molecule has 8 heteroatoms. The molecule has 4 aromatic rings. The monoisotopic (exact) mass is 437 g/mol. The Morgan fingerprint density at radius 3 is 2.58 bits per heavy atom. The number of carbonyl (C=O) groups is 1. The van der Waals surface area contributed by atoms with Gasteiger partial charge in [0.1, 0.15) is 18.7 Å². The third-order valence-corrected chi connectivity index (χ3v) is 6.21. The predicted octanol–water partition coefficient (Wildman–Crippen LogP) is 3.28. The maximum atomic E-state index is 12.5. The lowest BCUT2D eigenvalue weighted by Crippen LogP contribution is -2.30. The molecule has 0 bridgehead atoms. The first kappa shape index (κ1) is 20.8. The van der Waals surface area contributed by atoms with E-state index in [1.165, 1.54) is 12.1 Å². The summed E-state index contributed by atoms with van der Waals surface area (Å²) in [5.74, 6) is -0.766. The lowest BCUT2D eigenvalue weighted by Gasteiger charge is -2.09. The first-order chi connectivity index (χ1) is 14.8. The molecule has 4 rings (SSSR count). The summed E-state index contributed by atoms with van der Waals surface area (Å²) >= 11 is 0. The quantitative estimate of drug-likeness (QED) is 0.367. The van der Waals surface area contributed by atoms with Gasteiger partial charge in [-0.1, -0.05) is 42.5 Å². The van der Waals surface area contributed by atoms with Gasteiger partial charge in [-0.15, -0.1) is 0 Å². The Morgan fingerprint density at radius 1 is 1.00 bits per heavy atom. The van der Waals surface area contributed by atoms with E-state index in [-0.39, 0.29) is 11.5 Å². The molecule has 7 nitrogen and oxygen atoms in total. The number of fused-ring (bicyclic) bond motifs is 2. The molecule has 0 aliphatic carbocycles. The molecule has 1 aromatic heterocycles. The van der Waals surface area contributed by atoms with Crippen LogP contribution < -0.4 is 10.3 Å². The fourth-order valence-electron chi connectivity index (χ4n) is 3.24. The molecule has 0 amide bonds. The van der Waals surface area contributed by atoms with Gasteiger partial charge < -0.3 is 9.15 Å². The Balaban J connectivity index is 1.43. The van der Waals surface area contributed by atoms with Gasteiger partial charge in [-0.25, -0.2) is 13.2 Å². The van der Waals surface area contributed by atoms with Gasteiger partial charge in [0.15, 0.2) is 0 Å². The van der Waals surface area contributed by atoms with Crippen molar-refractivity contribution in [3.8, 4) is 0 Å². The number of sulfonamides is 1. The van der Waals surface area contributed by atoms with E-state index >= 15 is 0 Å². The van der Waals surface area contributed by atoms with E-state index in [9.17, 15) is 18.0 Å². The summed E-state index contributed by atoms with van der Waals surface area (Å²) in [5.41, 5.74) is 1.25.